The van der Waals surface area contributed by atoms with Crippen molar-refractivity contribution >= 4 is 11.6 Å². The highest BCUT2D eigenvalue weighted by Gasteiger charge is 2.07. The second-order valence-corrected chi connectivity index (χ2v) is 3.28. The van der Waals surface area contributed by atoms with Gasteiger partial charge in [0.05, 0.1) is 0 Å². The van der Waals surface area contributed by atoms with Gasteiger partial charge in [-0.15, -0.1) is 0 Å². The second-order valence-electron chi connectivity index (χ2n) is 2.85. The Morgan fingerprint density at radius 2 is 2.36 bits per heavy atom. The van der Waals surface area contributed by atoms with Crippen LogP contribution in [0.25, 0.3) is 0 Å². The minimum absolute atomic E-state index is 0.366. The second kappa shape index (κ2) is 4.85. The molecule has 0 amide bonds. The standard InChI is InChI=1S/C10H11ClN2O/c1-7(5-12)14-10-4-9(11)3-2-8(10)6-13/h2-4,7H,6,13H2,1H3. The molecule has 0 fully saturated rings. The van der Waals surface area contributed by atoms with Crippen LogP contribution < -0.4 is 10.5 Å². The lowest BCUT2D eigenvalue weighted by molar-refractivity contribution is 0.274. The molecule has 4 heteroatoms. The summed E-state index contributed by atoms with van der Waals surface area (Å²) in [7, 11) is 0. The monoisotopic (exact) mass is 210 g/mol. The first-order valence-electron chi connectivity index (χ1n) is 4.22. The first-order valence-corrected chi connectivity index (χ1v) is 4.60. The number of nitrogens with zero attached hydrogens (tertiary/aromatic N) is 1. The number of hydrogen-bond donors (Lipinski definition) is 1. The molecular formula is C10H11ClN2O. The van der Waals surface area contributed by atoms with E-state index in [1.54, 1.807) is 25.1 Å². The maximum absolute atomic E-state index is 8.59. The molecule has 0 aliphatic heterocycles. The van der Waals surface area contributed by atoms with E-state index in [2.05, 4.69) is 0 Å². The number of nitrogens with two attached hydrogens (primary N) is 1. The van der Waals surface area contributed by atoms with Gasteiger partial charge in [-0.1, -0.05) is 17.7 Å². The van der Waals surface area contributed by atoms with Crippen LogP contribution in [0.5, 0.6) is 5.75 Å². The molecule has 0 aliphatic rings. The quantitative estimate of drug-likeness (QED) is 0.831. The normalized spacial score (nSPS) is 11.9. The molecular weight excluding hydrogens is 200 g/mol. The predicted octanol–water partition coefficient (Wildman–Crippen LogP) is 2.09. The van der Waals surface area contributed by atoms with Crippen molar-refractivity contribution in [1.29, 1.82) is 5.26 Å². The Kier molecular flexibility index (Phi) is 3.75. The summed E-state index contributed by atoms with van der Waals surface area (Å²) in [5.74, 6) is 0.578. The molecule has 0 saturated carbocycles. The summed E-state index contributed by atoms with van der Waals surface area (Å²) in [6, 6.07) is 7.18. The van der Waals surface area contributed by atoms with Gasteiger partial charge in [-0.2, -0.15) is 5.26 Å². The fraction of sp³-hybridized carbons (Fsp3) is 0.300. The van der Waals surface area contributed by atoms with Gasteiger partial charge in [-0.05, 0) is 19.1 Å². The molecule has 1 unspecified atom stereocenters. The van der Waals surface area contributed by atoms with Crippen LogP contribution in [0.3, 0.4) is 0 Å². The van der Waals surface area contributed by atoms with E-state index < -0.39 is 6.10 Å². The van der Waals surface area contributed by atoms with Gasteiger partial charge in [0.2, 0.25) is 0 Å². The van der Waals surface area contributed by atoms with Crippen LogP contribution in [-0.4, -0.2) is 6.10 Å². The molecule has 14 heavy (non-hydrogen) atoms. The highest BCUT2D eigenvalue weighted by atomic mass is 35.5. The molecule has 3 nitrogen and oxygen atoms in total. The first-order chi connectivity index (χ1) is 6.67. The average molecular weight is 211 g/mol. The highest BCUT2D eigenvalue weighted by molar-refractivity contribution is 6.30. The van der Waals surface area contributed by atoms with E-state index in [4.69, 9.17) is 27.3 Å². The third-order valence-electron chi connectivity index (χ3n) is 1.73. The van der Waals surface area contributed by atoms with Gasteiger partial charge in [0, 0.05) is 17.1 Å². The Bertz CT molecular complexity index is 360. The molecule has 0 saturated heterocycles. The Morgan fingerprint density at radius 1 is 1.64 bits per heavy atom. The molecule has 0 aromatic heterocycles. The summed E-state index contributed by atoms with van der Waals surface area (Å²) in [6.45, 7) is 2.03. The molecule has 2 N–H and O–H groups in total. The fourth-order valence-electron chi connectivity index (χ4n) is 1.02. The van der Waals surface area contributed by atoms with Crippen molar-refractivity contribution in [2.24, 2.45) is 5.73 Å². The largest absolute Gasteiger partial charge is 0.475 e. The molecule has 1 aromatic rings. The lowest BCUT2D eigenvalue weighted by atomic mass is 10.2. The molecule has 1 aromatic carbocycles. The zero-order chi connectivity index (χ0) is 10.6. The number of rotatable bonds is 3. The van der Waals surface area contributed by atoms with Gasteiger partial charge in [-0.3, -0.25) is 0 Å². The van der Waals surface area contributed by atoms with Gasteiger partial charge in [0.1, 0.15) is 11.8 Å². The van der Waals surface area contributed by atoms with Crippen molar-refractivity contribution in [3.8, 4) is 11.8 Å². The molecule has 74 valence electrons. The Hall–Kier alpha value is -1.24. The minimum Gasteiger partial charge on any atom is -0.475 e. The molecule has 1 rings (SSSR count). The molecule has 0 aliphatic carbocycles. The number of halogens is 1. The predicted molar refractivity (Wildman–Crippen MR) is 55.0 cm³/mol. The van der Waals surface area contributed by atoms with Gasteiger partial charge in [0.25, 0.3) is 0 Å². The number of hydrogen-bond acceptors (Lipinski definition) is 3. The lowest BCUT2D eigenvalue weighted by Gasteiger charge is -2.11. The van der Waals surface area contributed by atoms with Crippen molar-refractivity contribution in [3.63, 3.8) is 0 Å². The van der Waals surface area contributed by atoms with Crippen LogP contribution in [0.1, 0.15) is 12.5 Å². The lowest BCUT2D eigenvalue weighted by Crippen LogP contribution is -2.11. The third kappa shape index (κ3) is 2.63. The van der Waals surface area contributed by atoms with Gasteiger partial charge in [-0.25, -0.2) is 0 Å². The van der Waals surface area contributed by atoms with Gasteiger partial charge < -0.3 is 10.5 Å². The van der Waals surface area contributed by atoms with Crippen molar-refractivity contribution in [3.05, 3.63) is 28.8 Å². The van der Waals surface area contributed by atoms with Crippen molar-refractivity contribution in [2.45, 2.75) is 19.6 Å². The topological polar surface area (TPSA) is 59.0 Å². The highest BCUT2D eigenvalue weighted by Crippen LogP contribution is 2.23. The Morgan fingerprint density at radius 3 is 2.93 bits per heavy atom. The number of nitriles is 1. The van der Waals surface area contributed by atoms with E-state index in [0.717, 1.165) is 5.56 Å². The summed E-state index contributed by atoms with van der Waals surface area (Å²) >= 11 is 5.80. The van der Waals surface area contributed by atoms with E-state index in [9.17, 15) is 0 Å². The summed E-state index contributed by atoms with van der Waals surface area (Å²) in [5.41, 5.74) is 6.36. The van der Waals surface area contributed by atoms with Crippen LogP contribution in [0.2, 0.25) is 5.02 Å². The zero-order valence-corrected chi connectivity index (χ0v) is 8.58. The SMILES string of the molecule is CC(C#N)Oc1cc(Cl)ccc1CN. The third-order valence-corrected chi connectivity index (χ3v) is 1.97. The number of ether oxygens (including phenoxy) is 1. The van der Waals surface area contributed by atoms with Crippen molar-refractivity contribution < 1.29 is 4.74 Å². The van der Waals surface area contributed by atoms with Crippen molar-refractivity contribution in [2.75, 3.05) is 0 Å². The first kappa shape index (κ1) is 10.8. The van der Waals surface area contributed by atoms with Crippen LogP contribution in [0.15, 0.2) is 18.2 Å². The van der Waals surface area contributed by atoms with Crippen LogP contribution in [-0.2, 0) is 6.54 Å². The summed E-state index contributed by atoms with van der Waals surface area (Å²) in [4.78, 5) is 0. The van der Waals surface area contributed by atoms with E-state index in [0.29, 0.717) is 17.3 Å². The smallest absolute Gasteiger partial charge is 0.181 e. The van der Waals surface area contributed by atoms with Crippen molar-refractivity contribution in [1.82, 2.24) is 0 Å². The number of benzene rings is 1. The molecule has 0 heterocycles. The maximum Gasteiger partial charge on any atom is 0.181 e. The van der Waals surface area contributed by atoms with Gasteiger partial charge in [0.15, 0.2) is 6.10 Å². The molecule has 0 bridgehead atoms. The minimum atomic E-state index is -0.501. The molecule has 0 spiro atoms. The Labute approximate surface area is 88.0 Å². The van der Waals surface area contributed by atoms with Crippen LogP contribution in [0, 0.1) is 11.3 Å². The fourth-order valence-corrected chi connectivity index (χ4v) is 1.19. The van der Waals surface area contributed by atoms with E-state index in [-0.39, 0.29) is 0 Å². The zero-order valence-electron chi connectivity index (χ0n) is 7.83. The van der Waals surface area contributed by atoms with E-state index >= 15 is 0 Å². The Balaban J connectivity index is 2.94. The van der Waals surface area contributed by atoms with Crippen LogP contribution in [0.4, 0.5) is 0 Å². The average Bonchev–Trinajstić information content (AvgIpc) is 2.18. The molecule has 1 atom stereocenters. The van der Waals surface area contributed by atoms with Crippen LogP contribution >= 0.6 is 11.6 Å². The maximum atomic E-state index is 8.59. The summed E-state index contributed by atoms with van der Waals surface area (Å²) in [6.07, 6.45) is -0.501. The van der Waals surface area contributed by atoms with E-state index in [1.165, 1.54) is 0 Å². The molecule has 0 radical (unpaired) electrons. The summed E-state index contributed by atoms with van der Waals surface area (Å²) in [5, 5.41) is 9.16. The van der Waals surface area contributed by atoms with E-state index in [1.807, 2.05) is 6.07 Å². The van der Waals surface area contributed by atoms with Gasteiger partial charge >= 0.3 is 0 Å². The summed E-state index contributed by atoms with van der Waals surface area (Å²) < 4.78 is 5.34.